The molecule has 0 amide bonds. The molecule has 0 spiro atoms. The second-order valence-corrected chi connectivity index (χ2v) is 6.01. The minimum absolute atomic E-state index is 0.445. The van der Waals surface area contributed by atoms with Gasteiger partial charge >= 0.3 is 0 Å². The predicted molar refractivity (Wildman–Crippen MR) is 99.5 cm³/mol. The van der Waals surface area contributed by atoms with E-state index < -0.39 is 11.6 Å². The Kier molecular flexibility index (Phi) is 3.95. The van der Waals surface area contributed by atoms with Gasteiger partial charge in [-0.1, -0.05) is 60.7 Å². The van der Waals surface area contributed by atoms with Crippen molar-refractivity contribution in [2.75, 3.05) is 0 Å². The molecule has 26 heavy (non-hydrogen) atoms. The Bertz CT molecular complexity index is 1140. The standard InChI is InChI=1S/C23H13F2N/c24-21-12-17-11-18(15-7-3-1-4-8-15)20(14-26)23(19(17)13-22(21)25)16-9-5-2-6-10-16/h1-13H. The van der Waals surface area contributed by atoms with Crippen LogP contribution in [0.2, 0.25) is 0 Å². The van der Waals surface area contributed by atoms with Crippen molar-refractivity contribution in [3.8, 4) is 28.3 Å². The first-order valence-electron chi connectivity index (χ1n) is 8.15. The Hall–Kier alpha value is -3.51. The zero-order chi connectivity index (χ0) is 18.1. The normalized spacial score (nSPS) is 10.7. The van der Waals surface area contributed by atoms with Crippen LogP contribution in [0.1, 0.15) is 5.56 Å². The number of benzene rings is 4. The van der Waals surface area contributed by atoms with Crippen molar-refractivity contribution in [3.63, 3.8) is 0 Å². The summed E-state index contributed by atoms with van der Waals surface area (Å²) in [5.74, 6) is -1.83. The van der Waals surface area contributed by atoms with Gasteiger partial charge in [0, 0.05) is 11.1 Å². The first-order valence-corrected chi connectivity index (χ1v) is 8.15. The summed E-state index contributed by atoms with van der Waals surface area (Å²) in [6, 6.07) is 25.2. The van der Waals surface area contributed by atoms with E-state index in [0.717, 1.165) is 11.1 Å². The van der Waals surface area contributed by atoms with E-state index >= 15 is 0 Å². The van der Waals surface area contributed by atoms with Crippen molar-refractivity contribution in [3.05, 3.63) is 96.1 Å². The van der Waals surface area contributed by atoms with Gasteiger partial charge in [0.1, 0.15) is 6.07 Å². The van der Waals surface area contributed by atoms with Crippen molar-refractivity contribution in [1.82, 2.24) is 0 Å². The number of hydrogen-bond donors (Lipinski definition) is 0. The predicted octanol–water partition coefficient (Wildman–Crippen LogP) is 6.32. The van der Waals surface area contributed by atoms with Crippen LogP contribution in [-0.4, -0.2) is 0 Å². The molecule has 4 aromatic rings. The molecule has 4 rings (SSSR count). The van der Waals surface area contributed by atoms with Gasteiger partial charge in [-0.05, 0) is 40.1 Å². The lowest BCUT2D eigenvalue weighted by Crippen LogP contribution is -1.94. The summed E-state index contributed by atoms with van der Waals surface area (Å²) < 4.78 is 27.8. The van der Waals surface area contributed by atoms with Gasteiger partial charge in [-0.15, -0.1) is 0 Å². The number of nitriles is 1. The molecule has 0 saturated heterocycles. The maximum Gasteiger partial charge on any atom is 0.159 e. The molecule has 0 radical (unpaired) electrons. The average Bonchev–Trinajstić information content (AvgIpc) is 2.69. The van der Waals surface area contributed by atoms with E-state index in [1.54, 1.807) is 6.07 Å². The van der Waals surface area contributed by atoms with E-state index in [4.69, 9.17) is 0 Å². The van der Waals surface area contributed by atoms with Crippen molar-refractivity contribution < 1.29 is 8.78 Å². The van der Waals surface area contributed by atoms with Crippen molar-refractivity contribution in [2.24, 2.45) is 0 Å². The number of halogens is 2. The van der Waals surface area contributed by atoms with Crippen LogP contribution in [0.5, 0.6) is 0 Å². The lowest BCUT2D eigenvalue weighted by molar-refractivity contribution is 0.511. The minimum Gasteiger partial charge on any atom is -0.204 e. The second kappa shape index (κ2) is 6.42. The fourth-order valence-electron chi connectivity index (χ4n) is 3.26. The van der Waals surface area contributed by atoms with Crippen LogP contribution in [0.3, 0.4) is 0 Å². The van der Waals surface area contributed by atoms with E-state index in [1.807, 2.05) is 60.7 Å². The maximum absolute atomic E-state index is 13.9. The lowest BCUT2D eigenvalue weighted by Gasteiger charge is -2.15. The molecular weight excluding hydrogens is 328 g/mol. The molecule has 0 aromatic heterocycles. The molecule has 3 heteroatoms. The van der Waals surface area contributed by atoms with Crippen LogP contribution in [0.4, 0.5) is 8.78 Å². The van der Waals surface area contributed by atoms with Gasteiger partial charge in [-0.25, -0.2) is 8.78 Å². The Balaban J connectivity index is 2.18. The summed E-state index contributed by atoms with van der Waals surface area (Å²) in [7, 11) is 0. The Labute approximate surface area is 149 Å². The van der Waals surface area contributed by atoms with Crippen LogP contribution in [0, 0.1) is 23.0 Å². The number of nitrogens with zero attached hydrogens (tertiary/aromatic N) is 1. The van der Waals surface area contributed by atoms with Crippen LogP contribution >= 0.6 is 0 Å². The summed E-state index contributed by atoms with van der Waals surface area (Å²) in [5.41, 5.74) is 3.40. The molecule has 0 bridgehead atoms. The van der Waals surface area contributed by atoms with Gasteiger partial charge in [-0.2, -0.15) is 5.26 Å². The van der Waals surface area contributed by atoms with Gasteiger partial charge in [-0.3, -0.25) is 0 Å². The lowest BCUT2D eigenvalue weighted by atomic mass is 9.87. The van der Waals surface area contributed by atoms with E-state index in [-0.39, 0.29) is 0 Å². The van der Waals surface area contributed by atoms with Crippen molar-refractivity contribution in [1.29, 1.82) is 5.26 Å². The first-order chi connectivity index (χ1) is 12.7. The topological polar surface area (TPSA) is 23.8 Å². The van der Waals surface area contributed by atoms with E-state index in [9.17, 15) is 14.0 Å². The van der Waals surface area contributed by atoms with Gasteiger partial charge in [0.05, 0.1) is 5.56 Å². The van der Waals surface area contributed by atoms with E-state index in [0.29, 0.717) is 27.5 Å². The largest absolute Gasteiger partial charge is 0.204 e. The highest BCUT2D eigenvalue weighted by molar-refractivity contribution is 6.04. The third-order valence-corrected chi connectivity index (χ3v) is 4.44. The molecule has 0 saturated carbocycles. The Morgan fingerprint density at radius 1 is 0.692 bits per heavy atom. The summed E-state index contributed by atoms with van der Waals surface area (Å²) in [6.07, 6.45) is 0. The van der Waals surface area contributed by atoms with Crippen LogP contribution in [0.25, 0.3) is 33.0 Å². The summed E-state index contributed by atoms with van der Waals surface area (Å²) in [4.78, 5) is 0. The molecule has 0 unspecified atom stereocenters. The Morgan fingerprint density at radius 3 is 1.88 bits per heavy atom. The quantitative estimate of drug-likeness (QED) is 0.418. The molecule has 0 atom stereocenters. The smallest absolute Gasteiger partial charge is 0.159 e. The van der Waals surface area contributed by atoms with Gasteiger partial charge in [0.25, 0.3) is 0 Å². The minimum atomic E-state index is -0.925. The second-order valence-electron chi connectivity index (χ2n) is 6.01. The fraction of sp³-hybridized carbons (Fsp3) is 0. The summed E-state index contributed by atoms with van der Waals surface area (Å²) in [5, 5.41) is 11.0. The highest BCUT2D eigenvalue weighted by Crippen LogP contribution is 2.39. The SMILES string of the molecule is N#Cc1c(-c2ccccc2)cc2cc(F)c(F)cc2c1-c1ccccc1. The third kappa shape index (κ3) is 2.62. The van der Waals surface area contributed by atoms with Gasteiger partial charge in [0.15, 0.2) is 11.6 Å². The Morgan fingerprint density at radius 2 is 1.27 bits per heavy atom. The molecule has 0 aliphatic heterocycles. The molecule has 0 heterocycles. The molecule has 0 aliphatic carbocycles. The molecule has 1 nitrogen and oxygen atoms in total. The average molecular weight is 341 g/mol. The van der Waals surface area contributed by atoms with Crippen molar-refractivity contribution >= 4 is 10.8 Å². The maximum atomic E-state index is 13.9. The molecule has 124 valence electrons. The summed E-state index contributed by atoms with van der Waals surface area (Å²) in [6.45, 7) is 0. The monoisotopic (exact) mass is 341 g/mol. The third-order valence-electron chi connectivity index (χ3n) is 4.44. The zero-order valence-corrected chi connectivity index (χ0v) is 13.7. The molecule has 4 aromatic carbocycles. The summed E-state index contributed by atoms with van der Waals surface area (Å²) >= 11 is 0. The first kappa shape index (κ1) is 16.0. The number of hydrogen-bond acceptors (Lipinski definition) is 1. The fourth-order valence-corrected chi connectivity index (χ4v) is 3.26. The highest BCUT2D eigenvalue weighted by Gasteiger charge is 2.18. The molecule has 0 fully saturated rings. The zero-order valence-electron chi connectivity index (χ0n) is 13.7. The highest BCUT2D eigenvalue weighted by atomic mass is 19.2. The van der Waals surface area contributed by atoms with Crippen LogP contribution < -0.4 is 0 Å². The number of fused-ring (bicyclic) bond motifs is 1. The van der Waals surface area contributed by atoms with E-state index in [2.05, 4.69) is 6.07 Å². The van der Waals surface area contributed by atoms with Gasteiger partial charge < -0.3 is 0 Å². The molecular formula is C23H13F2N. The van der Waals surface area contributed by atoms with Crippen molar-refractivity contribution in [2.45, 2.75) is 0 Å². The van der Waals surface area contributed by atoms with Gasteiger partial charge in [0.2, 0.25) is 0 Å². The van der Waals surface area contributed by atoms with E-state index in [1.165, 1.54) is 12.1 Å². The number of rotatable bonds is 2. The molecule has 0 aliphatic rings. The van der Waals surface area contributed by atoms with Crippen LogP contribution in [-0.2, 0) is 0 Å². The molecule has 0 N–H and O–H groups in total. The van der Waals surface area contributed by atoms with Crippen LogP contribution in [0.15, 0.2) is 78.9 Å².